The van der Waals surface area contributed by atoms with Crippen molar-refractivity contribution in [2.45, 2.75) is 20.8 Å². The highest BCUT2D eigenvalue weighted by atomic mass is 15.3. The summed E-state index contributed by atoms with van der Waals surface area (Å²) in [6, 6.07) is 1.92. The van der Waals surface area contributed by atoms with E-state index in [0.717, 1.165) is 17.1 Å². The molecule has 0 saturated carbocycles. The van der Waals surface area contributed by atoms with Gasteiger partial charge >= 0.3 is 0 Å². The van der Waals surface area contributed by atoms with Crippen LogP contribution in [0.2, 0.25) is 0 Å². The minimum Gasteiger partial charge on any atom is -0.383 e. The lowest BCUT2D eigenvalue weighted by Crippen LogP contribution is -2.08. The second-order valence-corrected chi connectivity index (χ2v) is 3.51. The van der Waals surface area contributed by atoms with Crippen LogP contribution in [0.3, 0.4) is 0 Å². The van der Waals surface area contributed by atoms with Crippen LogP contribution < -0.4 is 5.73 Å². The van der Waals surface area contributed by atoms with Gasteiger partial charge in [0.2, 0.25) is 0 Å². The van der Waals surface area contributed by atoms with Crippen LogP contribution in [0.4, 0.5) is 5.82 Å². The number of nitrogens with two attached hydrogens (primary N) is 1. The summed E-state index contributed by atoms with van der Waals surface area (Å²) >= 11 is 0. The molecule has 0 amide bonds. The van der Waals surface area contributed by atoms with E-state index in [4.69, 9.17) is 5.73 Å². The van der Waals surface area contributed by atoms with Crippen LogP contribution in [0.25, 0.3) is 5.82 Å². The van der Waals surface area contributed by atoms with Crippen molar-refractivity contribution in [1.82, 2.24) is 19.7 Å². The molecular formula is C10H13N5. The second-order valence-electron chi connectivity index (χ2n) is 3.51. The maximum Gasteiger partial charge on any atom is 0.162 e. The first kappa shape index (κ1) is 9.64. The molecule has 0 aliphatic carbocycles. The van der Waals surface area contributed by atoms with E-state index in [-0.39, 0.29) is 0 Å². The third-order valence-corrected chi connectivity index (χ3v) is 2.21. The maximum absolute atomic E-state index is 5.77. The van der Waals surface area contributed by atoms with Crippen LogP contribution in [0.1, 0.15) is 17.1 Å². The van der Waals surface area contributed by atoms with Crippen LogP contribution in [0.15, 0.2) is 12.3 Å². The Labute approximate surface area is 88.0 Å². The van der Waals surface area contributed by atoms with Gasteiger partial charge in [-0.15, -0.1) is 0 Å². The molecule has 0 saturated heterocycles. The van der Waals surface area contributed by atoms with E-state index in [0.29, 0.717) is 11.6 Å². The second kappa shape index (κ2) is 3.34. The van der Waals surface area contributed by atoms with Crippen molar-refractivity contribution in [2.24, 2.45) is 0 Å². The fourth-order valence-corrected chi connectivity index (χ4v) is 1.39. The SMILES string of the molecule is Cc1ccn(-c2nc(C)nc(N)c2C)n1. The maximum atomic E-state index is 5.77. The number of hydrogen-bond acceptors (Lipinski definition) is 4. The van der Waals surface area contributed by atoms with Crippen LogP contribution in [-0.2, 0) is 0 Å². The van der Waals surface area contributed by atoms with Crippen molar-refractivity contribution < 1.29 is 0 Å². The standard InChI is InChI=1S/C10H13N5/c1-6-4-5-15(14-6)10-7(2)9(11)12-8(3)13-10/h4-5H,1-3H3,(H2,11,12,13). The molecule has 0 bridgehead atoms. The molecule has 2 heterocycles. The van der Waals surface area contributed by atoms with Gasteiger partial charge in [0.25, 0.3) is 0 Å². The molecule has 0 aliphatic heterocycles. The Morgan fingerprint density at radius 1 is 1.20 bits per heavy atom. The highest BCUT2D eigenvalue weighted by Crippen LogP contribution is 2.15. The lowest BCUT2D eigenvalue weighted by Gasteiger charge is -2.07. The molecule has 0 radical (unpaired) electrons. The number of aromatic nitrogens is 4. The zero-order chi connectivity index (χ0) is 11.0. The molecule has 0 atom stereocenters. The molecule has 0 fully saturated rings. The van der Waals surface area contributed by atoms with Gasteiger partial charge in [-0.1, -0.05) is 0 Å². The van der Waals surface area contributed by atoms with E-state index in [1.54, 1.807) is 4.68 Å². The number of nitrogen functional groups attached to an aromatic ring is 1. The molecule has 0 aliphatic rings. The van der Waals surface area contributed by atoms with Crippen molar-refractivity contribution in [2.75, 3.05) is 5.73 Å². The Morgan fingerprint density at radius 2 is 1.93 bits per heavy atom. The third kappa shape index (κ3) is 1.68. The molecule has 0 spiro atoms. The number of aryl methyl sites for hydroxylation is 2. The number of hydrogen-bond donors (Lipinski definition) is 1. The number of anilines is 1. The number of nitrogens with zero attached hydrogens (tertiary/aromatic N) is 4. The quantitative estimate of drug-likeness (QED) is 0.755. The van der Waals surface area contributed by atoms with E-state index in [1.807, 2.05) is 33.0 Å². The molecule has 5 heteroatoms. The fraction of sp³-hybridized carbons (Fsp3) is 0.300. The van der Waals surface area contributed by atoms with Gasteiger partial charge in [-0.25, -0.2) is 14.6 Å². The first-order valence-electron chi connectivity index (χ1n) is 4.71. The Balaban J connectivity index is 2.62. The minimum absolute atomic E-state index is 0.505. The Kier molecular flexibility index (Phi) is 2.15. The molecule has 2 aromatic rings. The van der Waals surface area contributed by atoms with Crippen LogP contribution in [-0.4, -0.2) is 19.7 Å². The van der Waals surface area contributed by atoms with Gasteiger partial charge in [-0.3, -0.25) is 0 Å². The van der Waals surface area contributed by atoms with Crippen LogP contribution >= 0.6 is 0 Å². The Morgan fingerprint density at radius 3 is 2.53 bits per heavy atom. The third-order valence-electron chi connectivity index (χ3n) is 2.21. The predicted molar refractivity (Wildman–Crippen MR) is 57.8 cm³/mol. The summed E-state index contributed by atoms with van der Waals surface area (Å²) in [7, 11) is 0. The van der Waals surface area contributed by atoms with Crippen LogP contribution in [0.5, 0.6) is 0 Å². The van der Waals surface area contributed by atoms with Gasteiger partial charge in [-0.05, 0) is 26.8 Å². The molecule has 0 aromatic carbocycles. The summed E-state index contributed by atoms with van der Waals surface area (Å²) in [5, 5.41) is 4.29. The highest BCUT2D eigenvalue weighted by molar-refractivity contribution is 5.47. The van der Waals surface area contributed by atoms with E-state index < -0.39 is 0 Å². The first-order valence-corrected chi connectivity index (χ1v) is 4.71. The largest absolute Gasteiger partial charge is 0.383 e. The molecule has 2 aromatic heterocycles. The van der Waals surface area contributed by atoms with Crippen molar-refractivity contribution in [1.29, 1.82) is 0 Å². The van der Waals surface area contributed by atoms with E-state index in [9.17, 15) is 0 Å². The summed E-state index contributed by atoms with van der Waals surface area (Å²) in [5.74, 6) is 1.90. The lowest BCUT2D eigenvalue weighted by atomic mass is 10.3. The fourth-order valence-electron chi connectivity index (χ4n) is 1.39. The Hall–Kier alpha value is -1.91. The van der Waals surface area contributed by atoms with E-state index in [2.05, 4.69) is 15.1 Å². The van der Waals surface area contributed by atoms with Crippen molar-refractivity contribution in [3.05, 3.63) is 29.3 Å². The van der Waals surface area contributed by atoms with Gasteiger partial charge < -0.3 is 5.73 Å². The van der Waals surface area contributed by atoms with Crippen molar-refractivity contribution >= 4 is 5.82 Å². The average molecular weight is 203 g/mol. The van der Waals surface area contributed by atoms with Crippen molar-refractivity contribution in [3.8, 4) is 5.82 Å². The van der Waals surface area contributed by atoms with Gasteiger partial charge in [0.1, 0.15) is 11.6 Å². The highest BCUT2D eigenvalue weighted by Gasteiger charge is 2.08. The number of rotatable bonds is 1. The Bertz CT molecular complexity index is 501. The van der Waals surface area contributed by atoms with Gasteiger partial charge in [-0.2, -0.15) is 5.10 Å². The first-order chi connectivity index (χ1) is 7.08. The van der Waals surface area contributed by atoms with Crippen LogP contribution in [0, 0.1) is 20.8 Å². The summed E-state index contributed by atoms with van der Waals surface area (Å²) in [5.41, 5.74) is 7.57. The molecule has 78 valence electrons. The van der Waals surface area contributed by atoms with Crippen molar-refractivity contribution in [3.63, 3.8) is 0 Å². The van der Waals surface area contributed by atoms with E-state index >= 15 is 0 Å². The molecular weight excluding hydrogens is 190 g/mol. The molecule has 2 N–H and O–H groups in total. The molecule has 15 heavy (non-hydrogen) atoms. The summed E-state index contributed by atoms with van der Waals surface area (Å²) in [6.07, 6.45) is 1.86. The molecule has 2 rings (SSSR count). The molecule has 0 unspecified atom stereocenters. The zero-order valence-corrected chi connectivity index (χ0v) is 9.02. The topological polar surface area (TPSA) is 69.6 Å². The molecule has 5 nitrogen and oxygen atoms in total. The summed E-state index contributed by atoms with van der Waals surface area (Å²) in [6.45, 7) is 5.64. The monoisotopic (exact) mass is 203 g/mol. The lowest BCUT2D eigenvalue weighted by molar-refractivity contribution is 0.808. The van der Waals surface area contributed by atoms with Gasteiger partial charge in [0, 0.05) is 11.8 Å². The summed E-state index contributed by atoms with van der Waals surface area (Å²) < 4.78 is 1.72. The smallest absolute Gasteiger partial charge is 0.162 e. The van der Waals surface area contributed by atoms with Gasteiger partial charge in [0.15, 0.2) is 5.82 Å². The zero-order valence-electron chi connectivity index (χ0n) is 9.02. The average Bonchev–Trinajstić information content (AvgIpc) is 2.58. The van der Waals surface area contributed by atoms with E-state index in [1.165, 1.54) is 0 Å². The normalized spacial score (nSPS) is 10.6. The predicted octanol–water partition coefficient (Wildman–Crippen LogP) is 1.17. The van der Waals surface area contributed by atoms with Gasteiger partial charge in [0.05, 0.1) is 5.69 Å². The minimum atomic E-state index is 0.505. The summed E-state index contributed by atoms with van der Waals surface area (Å²) in [4.78, 5) is 8.42.